The lowest BCUT2D eigenvalue weighted by Crippen LogP contribution is -2.59. The molecule has 3 amide bonds. The smallest absolute Gasteiger partial charge is 0.326 e. The van der Waals surface area contributed by atoms with E-state index in [1.54, 1.807) is 49.9 Å². The van der Waals surface area contributed by atoms with E-state index < -0.39 is 60.4 Å². The molecular weight excluding hydrogens is 448 g/mol. The summed E-state index contributed by atoms with van der Waals surface area (Å²) < 4.78 is 0. The summed E-state index contributed by atoms with van der Waals surface area (Å²) in [5.41, 5.74) is 6.69. The van der Waals surface area contributed by atoms with Gasteiger partial charge in [-0.3, -0.25) is 14.4 Å². The van der Waals surface area contributed by atoms with Crippen molar-refractivity contribution in [3.8, 4) is 0 Å². The number of aliphatic hydroxyl groups excluding tert-OH is 1. The third kappa shape index (κ3) is 9.80. The largest absolute Gasteiger partial charge is 0.480 e. The minimum absolute atomic E-state index is 0.136. The number of nitrogens with two attached hydrogens (primary N) is 1. The Hall–Kier alpha value is -2.63. The van der Waals surface area contributed by atoms with Crippen LogP contribution < -0.4 is 21.7 Å². The number of carbonyl (C=O) groups excluding carboxylic acids is 3. The minimum Gasteiger partial charge on any atom is -0.480 e. The van der Waals surface area contributed by atoms with E-state index in [9.17, 15) is 29.4 Å². The molecule has 0 fully saturated rings. The first-order valence-electron chi connectivity index (χ1n) is 10.6. The molecule has 0 saturated heterocycles. The molecule has 0 bridgehead atoms. The van der Waals surface area contributed by atoms with Gasteiger partial charge in [0.2, 0.25) is 17.7 Å². The number of benzene rings is 1. The SMILES string of the molecule is CSCCC(N)C(=O)NC(Cc1ccccc1)C(=O)NC(CO)C(=O)NC(C(=O)O)C(C)C. The molecular formula is C22H34N4O6S. The number of rotatable bonds is 14. The van der Waals surface area contributed by atoms with Crippen LogP contribution in [0, 0.1) is 5.92 Å². The Labute approximate surface area is 198 Å². The summed E-state index contributed by atoms with van der Waals surface area (Å²) in [6.07, 6.45) is 2.46. The highest BCUT2D eigenvalue weighted by Crippen LogP contribution is 2.06. The van der Waals surface area contributed by atoms with Crippen LogP contribution in [0.5, 0.6) is 0 Å². The number of hydrogen-bond acceptors (Lipinski definition) is 7. The van der Waals surface area contributed by atoms with Gasteiger partial charge in [0.15, 0.2) is 0 Å². The van der Waals surface area contributed by atoms with Gasteiger partial charge in [0, 0.05) is 6.42 Å². The van der Waals surface area contributed by atoms with Gasteiger partial charge < -0.3 is 31.9 Å². The molecule has 0 aliphatic carbocycles. The lowest BCUT2D eigenvalue weighted by Gasteiger charge is -2.25. The summed E-state index contributed by atoms with van der Waals surface area (Å²) in [7, 11) is 0. The number of carbonyl (C=O) groups is 4. The Kier molecular flexibility index (Phi) is 12.5. The summed E-state index contributed by atoms with van der Waals surface area (Å²) >= 11 is 1.55. The molecule has 0 saturated carbocycles. The molecule has 4 atom stereocenters. The molecule has 1 aromatic rings. The van der Waals surface area contributed by atoms with Crippen molar-refractivity contribution in [3.63, 3.8) is 0 Å². The van der Waals surface area contributed by atoms with Crippen molar-refractivity contribution in [1.82, 2.24) is 16.0 Å². The summed E-state index contributed by atoms with van der Waals surface area (Å²) in [5, 5.41) is 26.3. The molecule has 4 unspecified atom stereocenters. The number of nitrogens with one attached hydrogen (secondary N) is 3. The fourth-order valence-corrected chi connectivity index (χ4v) is 3.44. The quantitative estimate of drug-likeness (QED) is 0.206. The van der Waals surface area contributed by atoms with Gasteiger partial charge in [-0.15, -0.1) is 0 Å². The van der Waals surface area contributed by atoms with E-state index in [2.05, 4.69) is 16.0 Å². The molecule has 7 N–H and O–H groups in total. The van der Waals surface area contributed by atoms with E-state index in [-0.39, 0.29) is 6.42 Å². The lowest BCUT2D eigenvalue weighted by molar-refractivity contribution is -0.143. The third-order valence-corrected chi connectivity index (χ3v) is 5.58. The van der Waals surface area contributed by atoms with E-state index in [0.29, 0.717) is 12.2 Å². The standard InChI is InChI=1S/C22H34N4O6S/c1-13(2)18(22(31)32)26-21(30)17(12-27)25-20(29)16(11-14-7-5-4-6-8-14)24-19(28)15(23)9-10-33-3/h4-8,13,15-18,27H,9-12,23H2,1-3H3,(H,24,28)(H,25,29)(H,26,30)(H,31,32). The van der Waals surface area contributed by atoms with Crippen molar-refractivity contribution < 1.29 is 29.4 Å². The Morgan fingerprint density at radius 1 is 0.970 bits per heavy atom. The van der Waals surface area contributed by atoms with Crippen LogP contribution in [0.15, 0.2) is 30.3 Å². The van der Waals surface area contributed by atoms with Crippen LogP contribution in [0.2, 0.25) is 0 Å². The molecule has 1 aromatic carbocycles. The third-order valence-electron chi connectivity index (χ3n) is 4.93. The fraction of sp³-hybridized carbons (Fsp3) is 0.545. The monoisotopic (exact) mass is 482 g/mol. The predicted octanol–water partition coefficient (Wildman–Crippen LogP) is -0.503. The van der Waals surface area contributed by atoms with Gasteiger partial charge in [0.25, 0.3) is 0 Å². The first-order chi connectivity index (χ1) is 15.6. The second-order valence-electron chi connectivity index (χ2n) is 7.95. The second-order valence-corrected chi connectivity index (χ2v) is 8.94. The van der Waals surface area contributed by atoms with Gasteiger partial charge >= 0.3 is 5.97 Å². The van der Waals surface area contributed by atoms with Crippen molar-refractivity contribution in [2.75, 3.05) is 18.6 Å². The van der Waals surface area contributed by atoms with E-state index in [4.69, 9.17) is 5.73 Å². The summed E-state index contributed by atoms with van der Waals surface area (Å²) in [6, 6.07) is 4.54. The average Bonchev–Trinajstić information content (AvgIpc) is 2.78. The molecule has 184 valence electrons. The number of carboxylic acids is 1. The maximum atomic E-state index is 13.0. The number of thioether (sulfide) groups is 1. The predicted molar refractivity (Wildman–Crippen MR) is 126 cm³/mol. The molecule has 0 aliphatic heterocycles. The molecule has 0 aliphatic rings. The molecule has 0 spiro atoms. The zero-order valence-electron chi connectivity index (χ0n) is 19.1. The molecule has 33 heavy (non-hydrogen) atoms. The normalized spacial score (nSPS) is 14.6. The van der Waals surface area contributed by atoms with E-state index in [1.807, 2.05) is 12.3 Å². The molecule has 10 nitrogen and oxygen atoms in total. The average molecular weight is 483 g/mol. The van der Waals surface area contributed by atoms with E-state index in [1.165, 1.54) is 0 Å². The Balaban J connectivity index is 2.96. The van der Waals surface area contributed by atoms with Crippen molar-refractivity contribution in [2.24, 2.45) is 11.7 Å². The highest BCUT2D eigenvalue weighted by molar-refractivity contribution is 7.98. The van der Waals surface area contributed by atoms with Gasteiger partial charge in [-0.05, 0) is 29.9 Å². The minimum atomic E-state index is -1.39. The lowest BCUT2D eigenvalue weighted by atomic mass is 10.0. The van der Waals surface area contributed by atoms with Crippen molar-refractivity contribution in [3.05, 3.63) is 35.9 Å². The number of aliphatic hydroxyl groups is 1. The molecule has 0 heterocycles. The van der Waals surface area contributed by atoms with E-state index in [0.717, 1.165) is 5.56 Å². The zero-order valence-corrected chi connectivity index (χ0v) is 19.9. The summed E-state index contributed by atoms with van der Waals surface area (Å²) in [4.78, 5) is 49.3. The Morgan fingerprint density at radius 3 is 2.06 bits per heavy atom. The Morgan fingerprint density at radius 2 is 1.55 bits per heavy atom. The number of amides is 3. The van der Waals surface area contributed by atoms with Gasteiger partial charge in [-0.25, -0.2) is 4.79 Å². The van der Waals surface area contributed by atoms with Crippen LogP contribution in [0.4, 0.5) is 0 Å². The highest BCUT2D eigenvalue weighted by Gasteiger charge is 2.31. The summed E-state index contributed by atoms with van der Waals surface area (Å²) in [5.74, 6) is -3.00. The maximum absolute atomic E-state index is 13.0. The molecule has 1 rings (SSSR count). The van der Waals surface area contributed by atoms with Crippen molar-refractivity contribution in [2.45, 2.75) is 50.9 Å². The topological polar surface area (TPSA) is 171 Å². The number of carboxylic acid groups (broad SMARTS) is 1. The van der Waals surface area contributed by atoms with Crippen LogP contribution >= 0.6 is 11.8 Å². The van der Waals surface area contributed by atoms with Gasteiger partial charge in [0.1, 0.15) is 18.1 Å². The van der Waals surface area contributed by atoms with Gasteiger partial charge in [-0.2, -0.15) is 11.8 Å². The van der Waals surface area contributed by atoms with Crippen LogP contribution in [-0.4, -0.2) is 76.7 Å². The highest BCUT2D eigenvalue weighted by atomic mass is 32.2. The number of aliphatic carboxylic acids is 1. The first kappa shape index (κ1) is 28.4. The molecule has 0 aromatic heterocycles. The van der Waals surface area contributed by atoms with Crippen LogP contribution in [0.1, 0.15) is 25.8 Å². The summed E-state index contributed by atoms with van der Waals surface area (Å²) in [6.45, 7) is 2.50. The van der Waals surface area contributed by atoms with Crippen molar-refractivity contribution in [1.29, 1.82) is 0 Å². The number of hydrogen-bond donors (Lipinski definition) is 6. The zero-order chi connectivity index (χ0) is 25.0. The molecule has 11 heteroatoms. The van der Waals surface area contributed by atoms with E-state index >= 15 is 0 Å². The van der Waals surface area contributed by atoms with Gasteiger partial charge in [-0.1, -0.05) is 44.2 Å². The molecule has 0 radical (unpaired) electrons. The Bertz CT molecular complexity index is 792. The fourth-order valence-electron chi connectivity index (χ4n) is 2.95. The first-order valence-corrected chi connectivity index (χ1v) is 12.0. The maximum Gasteiger partial charge on any atom is 0.326 e. The van der Waals surface area contributed by atoms with Gasteiger partial charge in [0.05, 0.1) is 12.6 Å². The van der Waals surface area contributed by atoms with Crippen LogP contribution in [0.25, 0.3) is 0 Å². The van der Waals surface area contributed by atoms with Crippen LogP contribution in [-0.2, 0) is 25.6 Å². The van der Waals surface area contributed by atoms with Crippen molar-refractivity contribution >= 4 is 35.5 Å². The second kappa shape index (κ2) is 14.5. The van der Waals surface area contributed by atoms with Crippen LogP contribution in [0.3, 0.4) is 0 Å².